The predicted octanol–water partition coefficient (Wildman–Crippen LogP) is 3.15. The Bertz CT molecular complexity index is 1320. The lowest BCUT2D eigenvalue weighted by atomic mass is 10.0. The summed E-state index contributed by atoms with van der Waals surface area (Å²) in [6.45, 7) is 0. The third-order valence-corrected chi connectivity index (χ3v) is 8.47. The number of aromatic amines is 2. The van der Waals surface area contributed by atoms with Crippen LogP contribution in [0.15, 0.2) is 28.0 Å². The van der Waals surface area contributed by atoms with E-state index < -0.39 is 21.1 Å². The highest BCUT2D eigenvalue weighted by atomic mass is 35.5. The van der Waals surface area contributed by atoms with Crippen molar-refractivity contribution in [2.75, 3.05) is 0 Å². The van der Waals surface area contributed by atoms with E-state index in [1.807, 2.05) is 0 Å². The Labute approximate surface area is 189 Å². The van der Waals surface area contributed by atoms with Crippen LogP contribution in [0.2, 0.25) is 5.02 Å². The number of nitrogens with one attached hydrogen (secondary N) is 2. The van der Waals surface area contributed by atoms with Gasteiger partial charge in [0.05, 0.1) is 20.7 Å². The van der Waals surface area contributed by atoms with Crippen molar-refractivity contribution >= 4 is 61.6 Å². The number of sulfone groups is 1. The second-order valence-corrected chi connectivity index (χ2v) is 10.4. The normalized spacial score (nSPS) is 19.0. The van der Waals surface area contributed by atoms with Gasteiger partial charge in [-0.2, -0.15) is 0 Å². The summed E-state index contributed by atoms with van der Waals surface area (Å²) >= 11 is 6.33. The molecule has 168 valence electrons. The summed E-state index contributed by atoms with van der Waals surface area (Å²) in [5, 5.41) is 9.52. The maximum absolute atomic E-state index is 13.2. The van der Waals surface area contributed by atoms with Crippen molar-refractivity contribution < 1.29 is 18.3 Å². The number of fused-ring (bicyclic) bond motifs is 3. The fraction of sp³-hybridized carbons (Fsp3) is 0.400. The predicted molar refractivity (Wildman–Crippen MR) is 122 cm³/mol. The second-order valence-electron chi connectivity index (χ2n) is 7.83. The van der Waals surface area contributed by atoms with Crippen molar-refractivity contribution in [3.63, 3.8) is 0 Å². The summed E-state index contributed by atoms with van der Waals surface area (Å²) in [6, 6.07) is 2.84. The summed E-state index contributed by atoms with van der Waals surface area (Å²) in [5.74, 6) is -0.896. The summed E-state index contributed by atoms with van der Waals surface area (Å²) in [7, 11) is -3.69. The number of aromatic nitrogens is 2. The molecular weight excluding hydrogens is 465 g/mol. The van der Waals surface area contributed by atoms with E-state index in [9.17, 15) is 18.0 Å². The zero-order chi connectivity index (χ0) is 21.6. The molecule has 2 heterocycles. The van der Waals surface area contributed by atoms with Gasteiger partial charge in [0.1, 0.15) is 5.52 Å². The number of nitrogens with two attached hydrogens (primary N) is 1. The maximum atomic E-state index is 13.2. The third-order valence-electron chi connectivity index (χ3n) is 5.79. The smallest absolute Gasteiger partial charge is 0.303 e. The average Bonchev–Trinajstić information content (AvgIpc) is 3.28. The van der Waals surface area contributed by atoms with E-state index in [-0.39, 0.29) is 40.3 Å². The summed E-state index contributed by atoms with van der Waals surface area (Å²) in [6.07, 6.45) is 4.04. The van der Waals surface area contributed by atoms with E-state index in [2.05, 4.69) is 9.97 Å². The van der Waals surface area contributed by atoms with Crippen molar-refractivity contribution in [1.29, 1.82) is 0 Å². The first-order valence-corrected chi connectivity index (χ1v) is 11.7. The lowest BCUT2D eigenvalue weighted by molar-refractivity contribution is -0.137. The molecule has 1 aromatic carbocycles. The van der Waals surface area contributed by atoms with Crippen LogP contribution < -0.4 is 11.3 Å². The molecule has 2 aromatic heterocycles. The van der Waals surface area contributed by atoms with Gasteiger partial charge in [-0.1, -0.05) is 11.6 Å². The number of benzene rings is 1. The molecule has 0 amide bonds. The number of carboxylic acids is 1. The van der Waals surface area contributed by atoms with Crippen molar-refractivity contribution in [3.8, 4) is 0 Å². The molecule has 0 radical (unpaired) electrons. The number of carbonyl (C=O) groups is 1. The third kappa shape index (κ3) is 4.32. The molecule has 8 nitrogen and oxygen atoms in total. The molecule has 1 saturated carbocycles. The summed E-state index contributed by atoms with van der Waals surface area (Å²) in [5.41, 5.74) is 7.07. The fourth-order valence-corrected chi connectivity index (χ4v) is 6.68. The molecule has 11 heteroatoms. The molecule has 0 spiro atoms. The Balaban J connectivity index is 0.00000272. The van der Waals surface area contributed by atoms with E-state index >= 15 is 0 Å². The fourth-order valence-electron chi connectivity index (χ4n) is 4.28. The van der Waals surface area contributed by atoms with Crippen LogP contribution in [0.1, 0.15) is 37.7 Å². The Morgan fingerprint density at radius 1 is 1.29 bits per heavy atom. The molecule has 1 fully saturated rings. The molecule has 3 aromatic rings. The van der Waals surface area contributed by atoms with E-state index in [0.29, 0.717) is 53.9 Å². The highest BCUT2D eigenvalue weighted by molar-refractivity contribution is 7.92. The van der Waals surface area contributed by atoms with Crippen LogP contribution in [0, 0.1) is 0 Å². The van der Waals surface area contributed by atoms with E-state index in [4.69, 9.17) is 22.4 Å². The van der Waals surface area contributed by atoms with Crippen LogP contribution in [0.25, 0.3) is 21.8 Å². The Hall–Kier alpha value is -2.07. The minimum absolute atomic E-state index is 0. The van der Waals surface area contributed by atoms with Gasteiger partial charge in [-0.05, 0) is 49.8 Å². The zero-order valence-electron chi connectivity index (χ0n) is 16.5. The Kier molecular flexibility index (Phi) is 6.71. The molecule has 0 saturated heterocycles. The lowest BCUT2D eigenvalue weighted by Gasteiger charge is -2.14. The first-order valence-electron chi connectivity index (χ1n) is 9.75. The molecule has 1 aliphatic carbocycles. The van der Waals surface area contributed by atoms with E-state index in [1.54, 1.807) is 6.20 Å². The largest absolute Gasteiger partial charge is 0.481 e. The highest BCUT2D eigenvalue weighted by Gasteiger charge is 2.35. The standard InChI is InChI=1S/C20H22ClN3O5S.ClH/c21-14-8-15-13(7-16(14)30(28,29)12-5-4-11(22)6-12)18-10(2-1-3-17(25)26)9-23-19(18)20(27)24-15;/h7-9,11-12,23H,1-6,22H2,(H,24,27)(H,25,26);1H. The van der Waals surface area contributed by atoms with Gasteiger partial charge < -0.3 is 20.8 Å². The van der Waals surface area contributed by atoms with Crippen molar-refractivity contribution in [2.24, 2.45) is 5.73 Å². The number of pyridine rings is 1. The quantitative estimate of drug-likeness (QED) is 0.419. The van der Waals surface area contributed by atoms with E-state index in [0.717, 1.165) is 5.56 Å². The minimum atomic E-state index is -3.69. The van der Waals surface area contributed by atoms with Crippen LogP contribution >= 0.6 is 24.0 Å². The van der Waals surface area contributed by atoms with Crippen LogP contribution in [-0.2, 0) is 21.1 Å². The lowest BCUT2D eigenvalue weighted by Crippen LogP contribution is -2.22. The van der Waals surface area contributed by atoms with Crippen LogP contribution in [0.5, 0.6) is 0 Å². The number of carboxylic acid groups (broad SMARTS) is 1. The van der Waals surface area contributed by atoms with Gasteiger partial charge in [0, 0.05) is 29.4 Å². The number of aryl methyl sites for hydroxylation is 1. The minimum Gasteiger partial charge on any atom is -0.481 e. The average molecular weight is 488 g/mol. The summed E-state index contributed by atoms with van der Waals surface area (Å²) in [4.78, 5) is 29.0. The van der Waals surface area contributed by atoms with E-state index in [1.165, 1.54) is 12.1 Å². The molecular formula is C20H23Cl2N3O5S. The van der Waals surface area contributed by atoms with Crippen molar-refractivity contribution in [1.82, 2.24) is 9.97 Å². The topological polar surface area (TPSA) is 146 Å². The SMILES string of the molecule is Cl.NC1CCC(S(=O)(=O)c2cc3c(cc2Cl)[nH]c(=O)c2[nH]cc(CCCC(=O)O)c23)C1. The molecule has 1 aliphatic rings. The van der Waals surface area contributed by atoms with Gasteiger partial charge in [0.15, 0.2) is 9.84 Å². The van der Waals surface area contributed by atoms with Gasteiger partial charge in [0.2, 0.25) is 0 Å². The van der Waals surface area contributed by atoms with Gasteiger partial charge in [-0.3, -0.25) is 9.59 Å². The number of H-pyrrole nitrogens is 2. The first kappa shape index (κ1) is 23.6. The van der Waals surface area contributed by atoms with Gasteiger partial charge in [-0.15, -0.1) is 12.4 Å². The number of hydrogen-bond donors (Lipinski definition) is 4. The number of rotatable bonds is 6. The van der Waals surface area contributed by atoms with Gasteiger partial charge >= 0.3 is 5.97 Å². The molecule has 4 rings (SSSR count). The summed E-state index contributed by atoms with van der Waals surface area (Å²) < 4.78 is 26.5. The van der Waals surface area contributed by atoms with Gasteiger partial charge in [0.25, 0.3) is 5.56 Å². The number of hydrogen-bond acceptors (Lipinski definition) is 5. The zero-order valence-corrected chi connectivity index (χ0v) is 18.9. The van der Waals surface area contributed by atoms with Crippen LogP contribution in [0.3, 0.4) is 0 Å². The Morgan fingerprint density at radius 3 is 2.68 bits per heavy atom. The van der Waals surface area contributed by atoms with Gasteiger partial charge in [-0.25, -0.2) is 8.42 Å². The maximum Gasteiger partial charge on any atom is 0.303 e. The monoisotopic (exact) mass is 487 g/mol. The molecule has 2 atom stereocenters. The first-order chi connectivity index (χ1) is 14.2. The van der Waals surface area contributed by atoms with Crippen LogP contribution in [-0.4, -0.2) is 40.8 Å². The highest BCUT2D eigenvalue weighted by Crippen LogP contribution is 2.36. The van der Waals surface area contributed by atoms with Crippen molar-refractivity contribution in [3.05, 3.63) is 39.3 Å². The Morgan fingerprint density at radius 2 is 2.03 bits per heavy atom. The number of aliphatic carboxylic acids is 1. The molecule has 5 N–H and O–H groups in total. The van der Waals surface area contributed by atoms with Crippen LogP contribution in [0.4, 0.5) is 0 Å². The second kappa shape index (κ2) is 8.82. The molecule has 31 heavy (non-hydrogen) atoms. The van der Waals surface area contributed by atoms with Crippen molar-refractivity contribution in [2.45, 2.75) is 54.7 Å². The molecule has 0 aliphatic heterocycles. The number of halogens is 2. The molecule has 0 bridgehead atoms. The molecule has 2 unspecified atom stereocenters.